The molecular formula is C32H31ClN4O2S. The average molecular weight is 571 g/mol. The Morgan fingerprint density at radius 2 is 1.40 bits per heavy atom. The quantitative estimate of drug-likeness (QED) is 0.235. The van der Waals surface area contributed by atoms with Gasteiger partial charge in [0, 0.05) is 55.1 Å². The summed E-state index contributed by atoms with van der Waals surface area (Å²) in [5.41, 5.74) is 8.15. The van der Waals surface area contributed by atoms with Crippen molar-refractivity contribution in [2.45, 2.75) is 25.3 Å². The molecule has 0 atom stereocenters. The molecule has 0 radical (unpaired) electrons. The smallest absolute Gasteiger partial charge is 0.243 e. The summed E-state index contributed by atoms with van der Waals surface area (Å²) < 4.78 is 30.2. The Bertz CT molecular complexity index is 1770. The number of hydrogen-bond donors (Lipinski definition) is 0. The van der Waals surface area contributed by atoms with Crippen LogP contribution in [0.15, 0.2) is 96.0 Å². The van der Waals surface area contributed by atoms with Crippen LogP contribution in [-0.4, -0.2) is 53.2 Å². The lowest BCUT2D eigenvalue weighted by molar-refractivity contribution is 0.180. The van der Waals surface area contributed by atoms with E-state index in [9.17, 15) is 8.42 Å². The summed E-state index contributed by atoms with van der Waals surface area (Å²) in [4.78, 5) is 7.69. The van der Waals surface area contributed by atoms with Gasteiger partial charge in [0.15, 0.2) is 0 Å². The van der Waals surface area contributed by atoms with E-state index >= 15 is 0 Å². The number of pyridine rings is 1. The lowest BCUT2D eigenvalue weighted by Crippen LogP contribution is -2.48. The maximum absolute atomic E-state index is 13.2. The first kappa shape index (κ1) is 26.7. The highest BCUT2D eigenvalue weighted by atomic mass is 35.5. The van der Waals surface area contributed by atoms with E-state index in [1.54, 1.807) is 16.4 Å². The van der Waals surface area contributed by atoms with Gasteiger partial charge in [-0.05, 0) is 49.7 Å². The first-order valence-corrected chi connectivity index (χ1v) is 15.2. The molecule has 8 heteroatoms. The summed E-state index contributed by atoms with van der Waals surface area (Å²) in [5.74, 6) is 0. The summed E-state index contributed by atoms with van der Waals surface area (Å²) in [7, 11) is -3.52. The minimum absolute atomic E-state index is 0.349. The molecule has 5 aromatic rings. The summed E-state index contributed by atoms with van der Waals surface area (Å²) in [6.45, 7) is 6.84. The molecule has 1 aliphatic heterocycles. The summed E-state index contributed by atoms with van der Waals surface area (Å²) in [6, 6.07) is 27.4. The van der Waals surface area contributed by atoms with Crippen LogP contribution in [0.1, 0.15) is 16.8 Å². The SMILES string of the molecule is Cc1ccc(-c2nc3ccc(-c4ccccc4Cl)cn3c2CN2CCN(S(=O)(=O)c3ccc(C)cc3)CC2)cc1. The van der Waals surface area contributed by atoms with E-state index in [1.807, 2.05) is 49.4 Å². The van der Waals surface area contributed by atoms with Gasteiger partial charge in [0.25, 0.3) is 0 Å². The normalized spacial score (nSPS) is 15.1. The zero-order valence-electron chi connectivity index (χ0n) is 22.6. The molecule has 0 amide bonds. The molecule has 0 aliphatic carbocycles. The highest BCUT2D eigenvalue weighted by Gasteiger charge is 2.29. The van der Waals surface area contributed by atoms with E-state index in [1.165, 1.54) is 5.56 Å². The second kappa shape index (κ2) is 10.8. The van der Waals surface area contributed by atoms with Gasteiger partial charge in [0.1, 0.15) is 5.65 Å². The molecule has 2 aromatic heterocycles. The van der Waals surface area contributed by atoms with Gasteiger partial charge < -0.3 is 4.40 Å². The van der Waals surface area contributed by atoms with Crippen molar-refractivity contribution in [3.63, 3.8) is 0 Å². The Kier molecular flexibility index (Phi) is 7.23. The predicted octanol–water partition coefficient (Wildman–Crippen LogP) is 6.45. The molecule has 0 N–H and O–H groups in total. The van der Waals surface area contributed by atoms with E-state index in [4.69, 9.17) is 16.6 Å². The fourth-order valence-electron chi connectivity index (χ4n) is 5.24. The average Bonchev–Trinajstić information content (AvgIpc) is 3.31. The molecule has 6 nitrogen and oxygen atoms in total. The predicted molar refractivity (Wildman–Crippen MR) is 161 cm³/mol. The zero-order valence-corrected chi connectivity index (χ0v) is 24.2. The molecule has 0 bridgehead atoms. The van der Waals surface area contributed by atoms with Crippen molar-refractivity contribution >= 4 is 27.3 Å². The maximum atomic E-state index is 13.2. The van der Waals surface area contributed by atoms with E-state index in [2.05, 4.69) is 52.8 Å². The van der Waals surface area contributed by atoms with Gasteiger partial charge in [-0.25, -0.2) is 13.4 Å². The molecule has 40 heavy (non-hydrogen) atoms. The Morgan fingerprint density at radius 1 is 0.775 bits per heavy atom. The Labute approximate surface area is 240 Å². The molecule has 0 saturated carbocycles. The van der Waals surface area contributed by atoms with Gasteiger partial charge >= 0.3 is 0 Å². The van der Waals surface area contributed by atoms with Crippen LogP contribution in [-0.2, 0) is 16.6 Å². The second-order valence-corrected chi connectivity index (χ2v) is 12.7. The van der Waals surface area contributed by atoms with Crippen LogP contribution in [0.4, 0.5) is 0 Å². The number of fused-ring (bicyclic) bond motifs is 1. The molecule has 0 spiro atoms. The minimum Gasteiger partial charge on any atom is -0.301 e. The van der Waals surface area contributed by atoms with Gasteiger partial charge in [-0.2, -0.15) is 4.31 Å². The summed E-state index contributed by atoms with van der Waals surface area (Å²) in [6.07, 6.45) is 2.11. The first-order chi connectivity index (χ1) is 19.3. The van der Waals surface area contributed by atoms with Crippen molar-refractivity contribution in [1.82, 2.24) is 18.6 Å². The second-order valence-electron chi connectivity index (χ2n) is 10.4. The van der Waals surface area contributed by atoms with Crippen molar-refractivity contribution < 1.29 is 8.42 Å². The number of aryl methyl sites for hydroxylation is 2. The summed E-state index contributed by atoms with van der Waals surface area (Å²) >= 11 is 6.54. The van der Waals surface area contributed by atoms with E-state index in [0.717, 1.165) is 39.3 Å². The molecule has 1 saturated heterocycles. The van der Waals surface area contributed by atoms with E-state index in [0.29, 0.717) is 42.6 Å². The third-order valence-corrected chi connectivity index (χ3v) is 9.83. The Morgan fingerprint density at radius 3 is 2.08 bits per heavy atom. The standard InChI is InChI=1S/C32H31ClN4O2S/c1-23-7-11-25(12-8-23)32-30(37-21-26(13-16-31(37)34-32)28-5-3-4-6-29(28)33)22-35-17-19-36(20-18-35)40(38,39)27-14-9-24(2)10-15-27/h3-16,21H,17-20,22H2,1-2H3. The van der Waals surface area contributed by atoms with Crippen LogP contribution in [0.25, 0.3) is 28.0 Å². The van der Waals surface area contributed by atoms with Crippen LogP contribution >= 0.6 is 11.6 Å². The number of aromatic nitrogens is 2. The van der Waals surface area contributed by atoms with Gasteiger partial charge in [-0.3, -0.25) is 4.90 Å². The van der Waals surface area contributed by atoms with Crippen molar-refractivity contribution in [2.75, 3.05) is 26.2 Å². The number of hydrogen-bond acceptors (Lipinski definition) is 4. The molecular weight excluding hydrogens is 540 g/mol. The topological polar surface area (TPSA) is 57.9 Å². The van der Waals surface area contributed by atoms with Crippen LogP contribution in [0, 0.1) is 13.8 Å². The maximum Gasteiger partial charge on any atom is 0.243 e. The highest BCUT2D eigenvalue weighted by Crippen LogP contribution is 2.31. The number of sulfonamides is 1. The molecule has 3 aromatic carbocycles. The lowest BCUT2D eigenvalue weighted by atomic mass is 10.1. The van der Waals surface area contributed by atoms with Crippen LogP contribution < -0.4 is 0 Å². The fraction of sp³-hybridized carbons (Fsp3) is 0.219. The number of imidazole rings is 1. The minimum atomic E-state index is -3.52. The molecule has 0 unspecified atom stereocenters. The monoisotopic (exact) mass is 570 g/mol. The van der Waals surface area contributed by atoms with Crippen LogP contribution in [0.3, 0.4) is 0 Å². The largest absolute Gasteiger partial charge is 0.301 e. The zero-order chi connectivity index (χ0) is 27.9. The number of piperazine rings is 1. The number of nitrogens with zero attached hydrogens (tertiary/aromatic N) is 4. The highest BCUT2D eigenvalue weighted by molar-refractivity contribution is 7.89. The molecule has 204 valence electrons. The van der Waals surface area contributed by atoms with Crippen LogP contribution in [0.5, 0.6) is 0 Å². The van der Waals surface area contributed by atoms with Gasteiger partial charge in [-0.1, -0.05) is 77.3 Å². The number of benzene rings is 3. The van der Waals surface area contributed by atoms with Gasteiger partial charge in [0.2, 0.25) is 10.0 Å². The van der Waals surface area contributed by atoms with E-state index < -0.39 is 10.0 Å². The molecule has 1 aliphatic rings. The Hall–Kier alpha value is -3.49. The molecule has 6 rings (SSSR count). The van der Waals surface area contributed by atoms with E-state index in [-0.39, 0.29) is 0 Å². The van der Waals surface area contributed by atoms with Crippen molar-refractivity contribution in [3.8, 4) is 22.4 Å². The Balaban J connectivity index is 1.32. The molecule has 3 heterocycles. The lowest BCUT2D eigenvalue weighted by Gasteiger charge is -2.34. The number of halogens is 1. The van der Waals surface area contributed by atoms with Gasteiger partial charge in [0.05, 0.1) is 16.3 Å². The molecule has 1 fully saturated rings. The van der Waals surface area contributed by atoms with Gasteiger partial charge in [-0.15, -0.1) is 0 Å². The van der Waals surface area contributed by atoms with Crippen molar-refractivity contribution in [1.29, 1.82) is 0 Å². The van der Waals surface area contributed by atoms with Crippen molar-refractivity contribution in [3.05, 3.63) is 113 Å². The fourth-order valence-corrected chi connectivity index (χ4v) is 6.91. The van der Waals surface area contributed by atoms with Crippen molar-refractivity contribution in [2.24, 2.45) is 0 Å². The third kappa shape index (κ3) is 5.18. The third-order valence-electron chi connectivity index (χ3n) is 7.59. The number of rotatable bonds is 6. The van der Waals surface area contributed by atoms with Crippen LogP contribution in [0.2, 0.25) is 5.02 Å². The summed E-state index contributed by atoms with van der Waals surface area (Å²) in [5, 5.41) is 0.702. The first-order valence-electron chi connectivity index (χ1n) is 13.4.